The van der Waals surface area contributed by atoms with E-state index in [1.807, 2.05) is 18.2 Å². The van der Waals surface area contributed by atoms with Gasteiger partial charge in [-0.1, -0.05) is 23.2 Å². The molecule has 0 aliphatic rings. The minimum absolute atomic E-state index is 0.228. The number of carbonyl (C=O) groups excluding carboxylic acids is 1. The van der Waals surface area contributed by atoms with Crippen LogP contribution in [0.2, 0.25) is 10.0 Å². The number of ether oxygens (including phenoxy) is 1. The average molecular weight is 443 g/mol. The van der Waals surface area contributed by atoms with Crippen LogP contribution in [0.1, 0.15) is 16.1 Å². The Morgan fingerprint density at radius 3 is 2.63 bits per heavy atom. The van der Waals surface area contributed by atoms with Crippen molar-refractivity contribution in [3.63, 3.8) is 0 Å². The molecule has 0 fully saturated rings. The fourth-order valence-electron chi connectivity index (χ4n) is 2.79. The molecule has 0 bridgehead atoms. The van der Waals surface area contributed by atoms with Gasteiger partial charge in [0.05, 0.1) is 30.5 Å². The molecule has 4 rings (SSSR count). The third-order valence-corrected chi connectivity index (χ3v) is 4.86. The molecule has 2 aromatic heterocycles. The molecule has 0 amide bonds. The first-order valence-electron chi connectivity index (χ1n) is 8.92. The summed E-state index contributed by atoms with van der Waals surface area (Å²) in [4.78, 5) is 17.7. The molecular formula is C21H16Cl2N4O3. The van der Waals surface area contributed by atoms with Gasteiger partial charge in [0, 0.05) is 10.6 Å². The average Bonchev–Trinajstić information content (AvgIpc) is 3.42. The number of hydrogen-bond acceptors (Lipinski definition) is 6. The highest BCUT2D eigenvalue weighted by atomic mass is 35.5. The first-order chi connectivity index (χ1) is 14.5. The number of anilines is 1. The molecule has 2 heterocycles. The summed E-state index contributed by atoms with van der Waals surface area (Å²) in [5, 5.41) is 8.16. The quantitative estimate of drug-likeness (QED) is 0.444. The standard InChI is InChI=1S/C21H16Cl2N4O3/c1-29-15-7-4-13(5-8-15)19-25-21(24-12-16-3-2-10-30-16)27(26-19)20(28)17-9-6-14(22)11-18(17)23/h2-11H,12H2,1H3,(H,24,25,26). The monoisotopic (exact) mass is 442 g/mol. The van der Waals surface area contributed by atoms with Gasteiger partial charge in [0.15, 0.2) is 5.82 Å². The van der Waals surface area contributed by atoms with E-state index >= 15 is 0 Å². The van der Waals surface area contributed by atoms with Crippen molar-refractivity contribution in [2.24, 2.45) is 0 Å². The van der Waals surface area contributed by atoms with E-state index < -0.39 is 5.91 Å². The van der Waals surface area contributed by atoms with Crippen molar-refractivity contribution < 1.29 is 13.9 Å². The van der Waals surface area contributed by atoms with Crippen LogP contribution in [0.15, 0.2) is 65.3 Å². The zero-order valence-corrected chi connectivity index (χ0v) is 17.3. The van der Waals surface area contributed by atoms with E-state index in [-0.39, 0.29) is 16.5 Å². The lowest BCUT2D eigenvalue weighted by Crippen LogP contribution is -2.18. The SMILES string of the molecule is COc1ccc(-c2nc(NCc3ccco3)n(C(=O)c3ccc(Cl)cc3Cl)n2)cc1. The predicted molar refractivity (Wildman–Crippen MR) is 114 cm³/mol. The van der Waals surface area contributed by atoms with E-state index in [1.54, 1.807) is 43.7 Å². The van der Waals surface area contributed by atoms with E-state index in [2.05, 4.69) is 15.4 Å². The maximum Gasteiger partial charge on any atom is 0.282 e. The number of halogens is 2. The largest absolute Gasteiger partial charge is 0.497 e. The van der Waals surface area contributed by atoms with Crippen LogP contribution < -0.4 is 10.1 Å². The van der Waals surface area contributed by atoms with Crippen molar-refractivity contribution in [1.29, 1.82) is 0 Å². The molecule has 1 N–H and O–H groups in total. The normalized spacial score (nSPS) is 10.8. The smallest absolute Gasteiger partial charge is 0.282 e. The second-order valence-electron chi connectivity index (χ2n) is 6.26. The summed E-state index contributed by atoms with van der Waals surface area (Å²) in [7, 11) is 1.59. The van der Waals surface area contributed by atoms with Gasteiger partial charge < -0.3 is 14.5 Å². The number of rotatable bonds is 6. The number of nitrogens with zero attached hydrogens (tertiary/aromatic N) is 3. The predicted octanol–water partition coefficient (Wildman–Crippen LogP) is 5.15. The summed E-state index contributed by atoms with van der Waals surface area (Å²) < 4.78 is 11.7. The molecule has 7 nitrogen and oxygen atoms in total. The molecule has 0 atom stereocenters. The molecule has 4 aromatic rings. The van der Waals surface area contributed by atoms with E-state index in [1.165, 1.54) is 10.7 Å². The van der Waals surface area contributed by atoms with Gasteiger partial charge in [-0.05, 0) is 54.6 Å². The van der Waals surface area contributed by atoms with Crippen molar-refractivity contribution >= 4 is 35.1 Å². The van der Waals surface area contributed by atoms with E-state index in [9.17, 15) is 4.79 Å². The molecule has 0 radical (unpaired) electrons. The molecule has 0 saturated carbocycles. The highest BCUT2D eigenvalue weighted by Crippen LogP contribution is 2.25. The van der Waals surface area contributed by atoms with E-state index in [4.69, 9.17) is 32.4 Å². The molecule has 152 valence electrons. The second kappa shape index (κ2) is 8.61. The number of carbonyl (C=O) groups is 1. The van der Waals surface area contributed by atoms with Gasteiger partial charge in [-0.3, -0.25) is 4.79 Å². The van der Waals surface area contributed by atoms with Crippen LogP contribution in [-0.4, -0.2) is 27.8 Å². The third-order valence-electron chi connectivity index (χ3n) is 4.31. The molecule has 0 saturated heterocycles. The number of aromatic nitrogens is 3. The summed E-state index contributed by atoms with van der Waals surface area (Å²) in [6.45, 7) is 0.329. The van der Waals surface area contributed by atoms with Gasteiger partial charge >= 0.3 is 0 Å². The van der Waals surface area contributed by atoms with Crippen molar-refractivity contribution in [3.8, 4) is 17.1 Å². The molecule has 2 aromatic carbocycles. The van der Waals surface area contributed by atoms with Gasteiger partial charge in [0.25, 0.3) is 5.91 Å². The summed E-state index contributed by atoms with van der Waals surface area (Å²) in [5.41, 5.74) is 0.985. The van der Waals surface area contributed by atoms with Crippen LogP contribution in [0.5, 0.6) is 5.75 Å². The van der Waals surface area contributed by atoms with Crippen LogP contribution in [0, 0.1) is 0 Å². The maximum atomic E-state index is 13.2. The van der Waals surface area contributed by atoms with Crippen LogP contribution in [0.3, 0.4) is 0 Å². The van der Waals surface area contributed by atoms with Crippen molar-refractivity contribution in [2.75, 3.05) is 12.4 Å². The van der Waals surface area contributed by atoms with Gasteiger partial charge in [-0.2, -0.15) is 9.67 Å². The van der Waals surface area contributed by atoms with Crippen LogP contribution in [0.25, 0.3) is 11.4 Å². The van der Waals surface area contributed by atoms with Crippen LogP contribution >= 0.6 is 23.2 Å². The Kier molecular flexibility index (Phi) is 5.74. The Bertz CT molecular complexity index is 1170. The molecule has 0 spiro atoms. The topological polar surface area (TPSA) is 82.2 Å². The molecule has 9 heteroatoms. The molecule has 0 aliphatic heterocycles. The summed E-state index contributed by atoms with van der Waals surface area (Å²) in [5.74, 6) is 1.59. The molecule has 30 heavy (non-hydrogen) atoms. The minimum Gasteiger partial charge on any atom is -0.497 e. The lowest BCUT2D eigenvalue weighted by molar-refractivity contribution is 0.0947. The third kappa shape index (κ3) is 4.17. The zero-order chi connectivity index (χ0) is 21.1. The van der Waals surface area contributed by atoms with Crippen molar-refractivity contribution in [2.45, 2.75) is 6.54 Å². The van der Waals surface area contributed by atoms with E-state index in [0.29, 0.717) is 28.9 Å². The fourth-order valence-corrected chi connectivity index (χ4v) is 3.28. The minimum atomic E-state index is -0.439. The first-order valence-corrected chi connectivity index (χ1v) is 9.68. The highest BCUT2D eigenvalue weighted by Gasteiger charge is 2.21. The van der Waals surface area contributed by atoms with Crippen LogP contribution in [-0.2, 0) is 6.54 Å². The summed E-state index contributed by atoms with van der Waals surface area (Å²) in [6.07, 6.45) is 1.57. The molecule has 0 unspecified atom stereocenters. The maximum absolute atomic E-state index is 13.2. The van der Waals surface area contributed by atoms with Gasteiger partial charge in [-0.25, -0.2) is 0 Å². The number of furan rings is 1. The molecular weight excluding hydrogens is 427 g/mol. The summed E-state index contributed by atoms with van der Waals surface area (Å²) in [6, 6.07) is 15.5. The number of hydrogen-bond donors (Lipinski definition) is 1. The number of nitrogens with one attached hydrogen (secondary N) is 1. The van der Waals surface area contributed by atoms with Crippen molar-refractivity contribution in [3.05, 3.63) is 82.2 Å². The Morgan fingerprint density at radius 1 is 1.17 bits per heavy atom. The Labute approximate surface area is 182 Å². The number of benzene rings is 2. The lowest BCUT2D eigenvalue weighted by atomic mass is 10.2. The van der Waals surface area contributed by atoms with Crippen molar-refractivity contribution in [1.82, 2.24) is 14.8 Å². The Hall–Kier alpha value is -3.29. The fraction of sp³-hybridized carbons (Fsp3) is 0.0952. The summed E-state index contributed by atoms with van der Waals surface area (Å²) >= 11 is 12.2. The lowest BCUT2D eigenvalue weighted by Gasteiger charge is -2.07. The van der Waals surface area contributed by atoms with E-state index in [0.717, 1.165) is 5.56 Å². The second-order valence-corrected chi connectivity index (χ2v) is 7.11. The van der Waals surface area contributed by atoms with Crippen LogP contribution in [0.4, 0.5) is 5.95 Å². The first kappa shape index (κ1) is 20.0. The van der Waals surface area contributed by atoms with Gasteiger partial charge in [0.2, 0.25) is 5.95 Å². The zero-order valence-electron chi connectivity index (χ0n) is 15.8. The Morgan fingerprint density at radius 2 is 1.97 bits per heavy atom. The highest BCUT2D eigenvalue weighted by molar-refractivity contribution is 6.36. The van der Waals surface area contributed by atoms with Gasteiger partial charge in [-0.15, -0.1) is 5.10 Å². The van der Waals surface area contributed by atoms with Gasteiger partial charge in [0.1, 0.15) is 11.5 Å². The number of methoxy groups -OCH3 is 1. The Balaban J connectivity index is 1.72. The molecule has 0 aliphatic carbocycles.